The van der Waals surface area contributed by atoms with E-state index in [0.717, 1.165) is 22.9 Å². The summed E-state index contributed by atoms with van der Waals surface area (Å²) in [4.78, 5) is 14.8. The fourth-order valence-electron chi connectivity index (χ4n) is 1.20. The predicted molar refractivity (Wildman–Crippen MR) is 59.8 cm³/mol. The first-order chi connectivity index (χ1) is 7.65. The summed E-state index contributed by atoms with van der Waals surface area (Å²) in [5.74, 6) is 0.686. The van der Waals surface area contributed by atoms with Crippen LogP contribution in [0.15, 0.2) is 22.7 Å². The topological polar surface area (TPSA) is 75.4 Å². The van der Waals surface area contributed by atoms with Gasteiger partial charge in [0.15, 0.2) is 5.13 Å². The summed E-state index contributed by atoms with van der Waals surface area (Å²) in [6.07, 6.45) is 1.34. The highest BCUT2D eigenvalue weighted by molar-refractivity contribution is 7.17. The quantitative estimate of drug-likeness (QED) is 0.855. The largest absolute Gasteiger partial charge is 0.477 e. The summed E-state index contributed by atoms with van der Waals surface area (Å²) in [7, 11) is 0. The fraction of sp³-hybridized carbons (Fsp3) is 0.200. The third-order valence-corrected chi connectivity index (χ3v) is 2.87. The van der Waals surface area contributed by atoms with Gasteiger partial charge in [-0.25, -0.2) is 9.78 Å². The number of aromatic carboxylic acids is 1. The van der Waals surface area contributed by atoms with E-state index in [0.29, 0.717) is 11.7 Å². The van der Waals surface area contributed by atoms with Crippen molar-refractivity contribution in [3.8, 4) is 0 Å². The van der Waals surface area contributed by atoms with Gasteiger partial charge in [0.2, 0.25) is 0 Å². The van der Waals surface area contributed by atoms with E-state index in [4.69, 9.17) is 9.52 Å². The van der Waals surface area contributed by atoms with Crippen LogP contribution in [0.25, 0.3) is 0 Å². The molecule has 6 heteroatoms. The number of hydrogen-bond donors (Lipinski definition) is 2. The molecule has 0 radical (unpaired) electrons. The normalized spacial score (nSPS) is 10.3. The molecule has 0 aliphatic heterocycles. The summed E-state index contributed by atoms with van der Waals surface area (Å²) < 4.78 is 5.36. The lowest BCUT2D eigenvalue weighted by Gasteiger charge is -1.98. The zero-order valence-electron chi connectivity index (χ0n) is 8.56. The van der Waals surface area contributed by atoms with Gasteiger partial charge in [-0.3, -0.25) is 0 Å². The van der Waals surface area contributed by atoms with E-state index in [1.54, 1.807) is 0 Å². The number of carboxylic acids is 1. The van der Waals surface area contributed by atoms with Crippen LogP contribution in [0.1, 0.15) is 21.2 Å². The van der Waals surface area contributed by atoms with Gasteiger partial charge in [0.1, 0.15) is 16.4 Å². The summed E-state index contributed by atoms with van der Waals surface area (Å²) in [6, 6.07) is 3.75. The Hall–Kier alpha value is -1.82. The van der Waals surface area contributed by atoms with E-state index in [-0.39, 0.29) is 4.88 Å². The second-order valence-corrected chi connectivity index (χ2v) is 4.23. The lowest BCUT2D eigenvalue weighted by molar-refractivity contribution is 0.0702. The Morgan fingerprint density at radius 1 is 1.62 bits per heavy atom. The average Bonchev–Trinajstić information content (AvgIpc) is 2.83. The van der Waals surface area contributed by atoms with Gasteiger partial charge >= 0.3 is 5.97 Å². The molecule has 2 rings (SSSR count). The molecule has 0 amide bonds. The van der Waals surface area contributed by atoms with Crippen molar-refractivity contribution >= 4 is 22.4 Å². The molecular formula is C10H10N2O3S. The molecule has 0 saturated heterocycles. The summed E-state index contributed by atoms with van der Waals surface area (Å²) >= 11 is 1.10. The SMILES string of the molecule is Cc1ccc(CNc2ncc(C(=O)O)s2)o1. The summed E-state index contributed by atoms with van der Waals surface area (Å²) in [6.45, 7) is 2.37. The molecule has 2 heterocycles. The number of nitrogens with zero attached hydrogens (tertiary/aromatic N) is 1. The number of anilines is 1. The smallest absolute Gasteiger partial charge is 0.347 e. The minimum Gasteiger partial charge on any atom is -0.477 e. The first kappa shape index (κ1) is 10.7. The van der Waals surface area contributed by atoms with Crippen LogP contribution in [-0.4, -0.2) is 16.1 Å². The Labute approximate surface area is 95.7 Å². The number of aromatic nitrogens is 1. The van der Waals surface area contributed by atoms with Crippen molar-refractivity contribution in [2.75, 3.05) is 5.32 Å². The Balaban J connectivity index is 1.97. The van der Waals surface area contributed by atoms with E-state index < -0.39 is 5.97 Å². The Bertz CT molecular complexity index is 504. The molecule has 0 aromatic carbocycles. The Kier molecular flexibility index (Phi) is 2.91. The maximum atomic E-state index is 10.6. The van der Waals surface area contributed by atoms with Crippen molar-refractivity contribution in [1.82, 2.24) is 4.98 Å². The Morgan fingerprint density at radius 3 is 3.00 bits per heavy atom. The molecular weight excluding hydrogens is 228 g/mol. The lowest BCUT2D eigenvalue weighted by Crippen LogP contribution is -1.96. The minimum atomic E-state index is -0.959. The second-order valence-electron chi connectivity index (χ2n) is 3.20. The first-order valence-electron chi connectivity index (χ1n) is 4.63. The number of thiazole rings is 1. The summed E-state index contributed by atoms with van der Waals surface area (Å²) in [5, 5.41) is 12.3. The third-order valence-electron chi connectivity index (χ3n) is 1.93. The van der Waals surface area contributed by atoms with E-state index >= 15 is 0 Å². The van der Waals surface area contributed by atoms with Gasteiger partial charge in [-0.05, 0) is 19.1 Å². The number of hydrogen-bond acceptors (Lipinski definition) is 5. The van der Waals surface area contributed by atoms with Gasteiger partial charge in [0.25, 0.3) is 0 Å². The van der Waals surface area contributed by atoms with Crippen LogP contribution in [0.4, 0.5) is 5.13 Å². The maximum absolute atomic E-state index is 10.6. The van der Waals surface area contributed by atoms with E-state index in [9.17, 15) is 4.79 Å². The highest BCUT2D eigenvalue weighted by Crippen LogP contribution is 2.19. The predicted octanol–water partition coefficient (Wildman–Crippen LogP) is 2.35. The van der Waals surface area contributed by atoms with Crippen molar-refractivity contribution in [1.29, 1.82) is 0 Å². The van der Waals surface area contributed by atoms with Crippen LogP contribution in [0.3, 0.4) is 0 Å². The average molecular weight is 238 g/mol. The molecule has 84 valence electrons. The van der Waals surface area contributed by atoms with Gasteiger partial charge in [-0.15, -0.1) is 0 Å². The zero-order valence-corrected chi connectivity index (χ0v) is 9.37. The molecule has 2 N–H and O–H groups in total. The van der Waals surface area contributed by atoms with Crippen LogP contribution in [0.5, 0.6) is 0 Å². The van der Waals surface area contributed by atoms with Crippen molar-refractivity contribution in [3.05, 3.63) is 34.7 Å². The standard InChI is InChI=1S/C10H10N2O3S/c1-6-2-3-7(15-6)4-11-10-12-5-8(16-10)9(13)14/h2-3,5H,4H2,1H3,(H,11,12)(H,13,14). The van der Waals surface area contributed by atoms with Crippen molar-refractivity contribution < 1.29 is 14.3 Å². The van der Waals surface area contributed by atoms with Crippen LogP contribution in [0, 0.1) is 6.92 Å². The van der Waals surface area contributed by atoms with Crippen molar-refractivity contribution in [3.63, 3.8) is 0 Å². The highest BCUT2D eigenvalue weighted by atomic mass is 32.1. The van der Waals surface area contributed by atoms with Gasteiger partial charge in [-0.2, -0.15) is 0 Å². The van der Waals surface area contributed by atoms with E-state index in [1.165, 1.54) is 6.20 Å². The van der Waals surface area contributed by atoms with Crippen molar-refractivity contribution in [2.24, 2.45) is 0 Å². The van der Waals surface area contributed by atoms with Crippen LogP contribution < -0.4 is 5.32 Å². The molecule has 5 nitrogen and oxygen atoms in total. The van der Waals surface area contributed by atoms with E-state index in [1.807, 2.05) is 19.1 Å². The maximum Gasteiger partial charge on any atom is 0.347 e. The van der Waals surface area contributed by atoms with E-state index in [2.05, 4.69) is 10.3 Å². The number of furan rings is 1. The molecule has 0 bridgehead atoms. The molecule has 0 aliphatic rings. The molecule has 2 aromatic heterocycles. The number of carboxylic acid groups (broad SMARTS) is 1. The molecule has 0 aliphatic carbocycles. The molecule has 16 heavy (non-hydrogen) atoms. The fourth-order valence-corrected chi connectivity index (χ4v) is 1.85. The molecule has 2 aromatic rings. The third kappa shape index (κ3) is 2.40. The highest BCUT2D eigenvalue weighted by Gasteiger charge is 2.08. The Morgan fingerprint density at radius 2 is 2.44 bits per heavy atom. The minimum absolute atomic E-state index is 0.220. The van der Waals surface area contributed by atoms with Crippen molar-refractivity contribution in [2.45, 2.75) is 13.5 Å². The number of aryl methyl sites for hydroxylation is 1. The second kappa shape index (κ2) is 4.36. The first-order valence-corrected chi connectivity index (χ1v) is 5.45. The number of nitrogens with one attached hydrogen (secondary N) is 1. The van der Waals surface area contributed by atoms with Crippen LogP contribution in [-0.2, 0) is 6.54 Å². The van der Waals surface area contributed by atoms with Crippen LogP contribution >= 0.6 is 11.3 Å². The zero-order chi connectivity index (χ0) is 11.5. The van der Waals surface area contributed by atoms with Gasteiger partial charge in [0, 0.05) is 0 Å². The molecule has 0 atom stereocenters. The van der Waals surface area contributed by atoms with Gasteiger partial charge in [0.05, 0.1) is 12.7 Å². The monoisotopic (exact) mass is 238 g/mol. The molecule has 0 saturated carbocycles. The number of carbonyl (C=O) groups is 1. The van der Waals surface area contributed by atoms with Gasteiger partial charge in [-0.1, -0.05) is 11.3 Å². The molecule has 0 spiro atoms. The van der Waals surface area contributed by atoms with Crippen LogP contribution in [0.2, 0.25) is 0 Å². The molecule has 0 fully saturated rings. The summed E-state index contributed by atoms with van der Waals surface area (Å²) in [5.41, 5.74) is 0. The van der Waals surface area contributed by atoms with Gasteiger partial charge < -0.3 is 14.8 Å². The number of rotatable bonds is 4. The lowest BCUT2D eigenvalue weighted by atomic mass is 10.4. The molecule has 0 unspecified atom stereocenters.